The van der Waals surface area contributed by atoms with Gasteiger partial charge >= 0.3 is 11.9 Å². The number of esters is 1. The molecule has 5 heteroatoms. The monoisotopic (exact) mass is 257 g/mol. The fourth-order valence-corrected chi connectivity index (χ4v) is 1.06. The number of rotatable bonds is 8. The maximum Gasteiger partial charge on any atom is 0.330 e. The van der Waals surface area contributed by atoms with Crippen molar-refractivity contribution in [1.82, 2.24) is 4.90 Å². The molecule has 1 N–H and O–H groups in total. The average molecular weight is 257 g/mol. The summed E-state index contributed by atoms with van der Waals surface area (Å²) in [6.45, 7) is 14.1. The average Bonchev–Trinajstić information content (AvgIpc) is 2.39. The molecule has 5 nitrogen and oxygen atoms in total. The van der Waals surface area contributed by atoms with Crippen molar-refractivity contribution < 1.29 is 19.4 Å². The van der Waals surface area contributed by atoms with Crippen LogP contribution in [0.25, 0.3) is 0 Å². The zero-order valence-corrected chi connectivity index (χ0v) is 11.2. The van der Waals surface area contributed by atoms with Crippen LogP contribution in [0.1, 0.15) is 20.3 Å². The normalized spacial score (nSPS) is 9.06. The number of carbonyl (C=O) groups excluding carboxylic acids is 1. The maximum absolute atomic E-state index is 10.6. The van der Waals surface area contributed by atoms with E-state index in [1.165, 1.54) is 6.08 Å². The molecular formula is C13H23NO4. The summed E-state index contributed by atoms with van der Waals surface area (Å²) >= 11 is 0. The van der Waals surface area contributed by atoms with E-state index < -0.39 is 5.97 Å². The molecule has 0 unspecified atom stereocenters. The first-order valence-corrected chi connectivity index (χ1v) is 5.88. The Balaban J connectivity index is 0. The van der Waals surface area contributed by atoms with Gasteiger partial charge in [0.05, 0.1) is 6.61 Å². The number of hydrogen-bond donors (Lipinski definition) is 1. The van der Waals surface area contributed by atoms with Crippen LogP contribution in [0.5, 0.6) is 0 Å². The van der Waals surface area contributed by atoms with Crippen LogP contribution >= 0.6 is 0 Å². The summed E-state index contributed by atoms with van der Waals surface area (Å²) in [6, 6.07) is 0. The number of hydrogen-bond acceptors (Lipinski definition) is 4. The summed E-state index contributed by atoms with van der Waals surface area (Å²) in [7, 11) is 0. The Hall–Kier alpha value is -1.62. The second-order valence-corrected chi connectivity index (χ2v) is 3.29. The first-order chi connectivity index (χ1) is 8.51. The summed E-state index contributed by atoms with van der Waals surface area (Å²) in [5.74, 6) is -1.32. The topological polar surface area (TPSA) is 66.8 Å². The third-order valence-corrected chi connectivity index (χ3v) is 2.10. The van der Waals surface area contributed by atoms with E-state index in [2.05, 4.69) is 31.9 Å². The van der Waals surface area contributed by atoms with Gasteiger partial charge in [-0.15, -0.1) is 0 Å². The van der Waals surface area contributed by atoms with Gasteiger partial charge in [0, 0.05) is 18.7 Å². The minimum absolute atomic E-state index is 0.334. The third kappa shape index (κ3) is 14.4. The van der Waals surface area contributed by atoms with Crippen molar-refractivity contribution in [2.45, 2.75) is 20.3 Å². The van der Waals surface area contributed by atoms with Gasteiger partial charge in [-0.1, -0.05) is 27.0 Å². The number of ether oxygens (including phenoxy) is 1. The van der Waals surface area contributed by atoms with Crippen LogP contribution in [-0.4, -0.2) is 48.2 Å². The van der Waals surface area contributed by atoms with E-state index in [-0.39, 0.29) is 5.97 Å². The highest BCUT2D eigenvalue weighted by atomic mass is 16.5. The van der Waals surface area contributed by atoms with Gasteiger partial charge in [-0.25, -0.2) is 9.59 Å². The van der Waals surface area contributed by atoms with E-state index in [9.17, 15) is 9.59 Å². The van der Waals surface area contributed by atoms with Crippen LogP contribution in [-0.2, 0) is 14.3 Å². The second-order valence-electron chi connectivity index (χ2n) is 3.29. The third-order valence-electron chi connectivity index (χ3n) is 2.10. The van der Waals surface area contributed by atoms with Crippen molar-refractivity contribution in [2.75, 3.05) is 26.2 Å². The molecule has 0 aromatic rings. The molecule has 0 aliphatic carbocycles. The molecule has 0 amide bonds. The van der Waals surface area contributed by atoms with Crippen molar-refractivity contribution in [1.29, 1.82) is 0 Å². The molecule has 0 rings (SSSR count). The second kappa shape index (κ2) is 13.4. The van der Waals surface area contributed by atoms with Gasteiger partial charge in [0.1, 0.15) is 0 Å². The number of carboxylic acid groups (broad SMARTS) is 1. The Morgan fingerprint density at radius 2 is 1.72 bits per heavy atom. The molecule has 104 valence electrons. The van der Waals surface area contributed by atoms with Crippen LogP contribution in [0.4, 0.5) is 0 Å². The highest BCUT2D eigenvalue weighted by molar-refractivity contribution is 5.81. The zero-order chi connectivity index (χ0) is 14.4. The number of carboxylic acids is 1. The fourth-order valence-electron chi connectivity index (χ4n) is 1.06. The van der Waals surface area contributed by atoms with E-state index in [0.717, 1.165) is 32.1 Å². The first-order valence-electron chi connectivity index (χ1n) is 5.88. The summed E-state index contributed by atoms with van der Waals surface area (Å²) in [5.41, 5.74) is 0. The predicted molar refractivity (Wildman–Crippen MR) is 71.4 cm³/mol. The smallest absolute Gasteiger partial charge is 0.330 e. The molecule has 0 atom stereocenters. The summed E-state index contributed by atoms with van der Waals surface area (Å²) in [4.78, 5) is 22.2. The minimum atomic E-state index is -0.981. The molecule has 0 aliphatic heterocycles. The quantitative estimate of drug-likeness (QED) is 0.407. The van der Waals surface area contributed by atoms with Crippen molar-refractivity contribution in [3.8, 4) is 0 Å². The lowest BCUT2D eigenvalue weighted by molar-refractivity contribution is -0.138. The maximum atomic E-state index is 10.6. The number of nitrogens with zero attached hydrogens (tertiary/aromatic N) is 1. The summed E-state index contributed by atoms with van der Waals surface area (Å²) in [6.07, 6.45) is 2.92. The fraction of sp³-hybridized carbons (Fsp3) is 0.538. The predicted octanol–water partition coefficient (Wildman–Crippen LogP) is 1.70. The Morgan fingerprint density at radius 3 is 2.06 bits per heavy atom. The molecule has 18 heavy (non-hydrogen) atoms. The largest absolute Gasteiger partial charge is 0.478 e. The SMILES string of the molecule is C=CC(=O)O.C=CC(=O)OCCCN(CC)CC. The van der Waals surface area contributed by atoms with Crippen molar-refractivity contribution in [2.24, 2.45) is 0 Å². The van der Waals surface area contributed by atoms with Crippen LogP contribution in [0.15, 0.2) is 25.3 Å². The number of carbonyl (C=O) groups is 2. The van der Waals surface area contributed by atoms with Crippen LogP contribution in [0.3, 0.4) is 0 Å². The summed E-state index contributed by atoms with van der Waals surface area (Å²) in [5, 5.41) is 7.60. The molecule has 0 aliphatic rings. The number of aliphatic carboxylic acids is 1. The van der Waals surface area contributed by atoms with Crippen molar-refractivity contribution >= 4 is 11.9 Å². The molecular weight excluding hydrogens is 234 g/mol. The van der Waals surface area contributed by atoms with Crippen molar-refractivity contribution in [3.63, 3.8) is 0 Å². The molecule has 0 heterocycles. The summed E-state index contributed by atoms with van der Waals surface area (Å²) < 4.78 is 4.85. The van der Waals surface area contributed by atoms with E-state index in [4.69, 9.17) is 9.84 Å². The molecule has 0 saturated heterocycles. The van der Waals surface area contributed by atoms with Gasteiger partial charge in [-0.2, -0.15) is 0 Å². The lowest BCUT2D eigenvalue weighted by atomic mass is 10.4. The lowest BCUT2D eigenvalue weighted by Crippen LogP contribution is -2.25. The first kappa shape index (κ1) is 18.7. The molecule has 0 aromatic heterocycles. The molecule has 0 saturated carbocycles. The standard InChI is InChI=1S/C10H19NO2.C3H4O2/c1-4-10(12)13-9-7-8-11(5-2)6-3;1-2-3(4)5/h4H,1,5-9H2,2-3H3;2H,1H2,(H,4,5). The molecule has 0 radical (unpaired) electrons. The van der Waals surface area contributed by atoms with Crippen LogP contribution in [0, 0.1) is 0 Å². The molecule has 0 bridgehead atoms. The Kier molecular flexibility index (Phi) is 14.0. The lowest BCUT2D eigenvalue weighted by Gasteiger charge is -2.17. The highest BCUT2D eigenvalue weighted by Crippen LogP contribution is 1.91. The molecule has 0 aromatic carbocycles. The molecule has 0 fully saturated rings. The van der Waals surface area contributed by atoms with Crippen LogP contribution in [0.2, 0.25) is 0 Å². The molecule has 0 spiro atoms. The highest BCUT2D eigenvalue weighted by Gasteiger charge is 1.99. The Morgan fingerprint density at radius 1 is 1.22 bits per heavy atom. The zero-order valence-electron chi connectivity index (χ0n) is 11.2. The Bertz CT molecular complexity index is 260. The van der Waals surface area contributed by atoms with Gasteiger partial charge in [0.25, 0.3) is 0 Å². The van der Waals surface area contributed by atoms with Gasteiger partial charge < -0.3 is 14.7 Å². The van der Waals surface area contributed by atoms with Gasteiger partial charge in [-0.3, -0.25) is 0 Å². The van der Waals surface area contributed by atoms with E-state index in [1.54, 1.807) is 0 Å². The van der Waals surface area contributed by atoms with Gasteiger partial charge in [0.2, 0.25) is 0 Å². The van der Waals surface area contributed by atoms with Gasteiger partial charge in [-0.05, 0) is 19.5 Å². The minimum Gasteiger partial charge on any atom is -0.478 e. The Labute approximate surface area is 109 Å². The van der Waals surface area contributed by atoms with Crippen LogP contribution < -0.4 is 0 Å². The van der Waals surface area contributed by atoms with E-state index >= 15 is 0 Å². The van der Waals surface area contributed by atoms with E-state index in [1.807, 2.05) is 0 Å². The van der Waals surface area contributed by atoms with Gasteiger partial charge in [0.15, 0.2) is 0 Å². The van der Waals surface area contributed by atoms with Crippen molar-refractivity contribution in [3.05, 3.63) is 25.3 Å². The van der Waals surface area contributed by atoms with E-state index in [0.29, 0.717) is 6.61 Å².